The number of thioether (sulfide) groups is 2. The van der Waals surface area contributed by atoms with Gasteiger partial charge in [0.2, 0.25) is 0 Å². The molecule has 0 radical (unpaired) electrons. The number of rotatable bonds is 6. The minimum absolute atomic E-state index is 0.312. The van der Waals surface area contributed by atoms with Crippen LogP contribution in [0.15, 0.2) is 23.1 Å². The lowest BCUT2D eigenvalue weighted by Gasteiger charge is -2.27. The van der Waals surface area contributed by atoms with Gasteiger partial charge in [-0.05, 0) is 60.6 Å². The first-order valence-corrected chi connectivity index (χ1v) is 11.4. The molecule has 1 unspecified atom stereocenters. The molecular formula is C19H22N2O3S3. The molecule has 144 valence electrons. The van der Waals surface area contributed by atoms with Crippen molar-refractivity contribution in [2.45, 2.75) is 25.3 Å². The Bertz CT molecular complexity index is 809. The van der Waals surface area contributed by atoms with Crippen molar-refractivity contribution in [2.24, 2.45) is 0 Å². The van der Waals surface area contributed by atoms with Crippen LogP contribution in [0.25, 0.3) is 6.08 Å². The maximum Gasteiger partial charge on any atom is 0.326 e. The van der Waals surface area contributed by atoms with Gasteiger partial charge in [0.15, 0.2) is 0 Å². The van der Waals surface area contributed by atoms with Gasteiger partial charge in [-0.3, -0.25) is 9.69 Å². The summed E-state index contributed by atoms with van der Waals surface area (Å²) in [5.74, 6) is -0.669. The monoisotopic (exact) mass is 422 g/mol. The number of carboxylic acids is 1. The van der Waals surface area contributed by atoms with Crippen molar-refractivity contribution in [3.63, 3.8) is 0 Å². The van der Waals surface area contributed by atoms with Crippen molar-refractivity contribution < 1.29 is 14.7 Å². The second kappa shape index (κ2) is 8.67. The van der Waals surface area contributed by atoms with Crippen molar-refractivity contribution >= 4 is 63.7 Å². The van der Waals surface area contributed by atoms with E-state index in [9.17, 15) is 14.7 Å². The Morgan fingerprint density at radius 1 is 1.48 bits per heavy atom. The molecule has 0 aromatic heterocycles. The third kappa shape index (κ3) is 4.33. The molecule has 1 N–H and O–H groups in total. The fourth-order valence-electron chi connectivity index (χ4n) is 3.39. The number of aliphatic carboxylic acids is 1. The predicted molar refractivity (Wildman–Crippen MR) is 117 cm³/mol. The van der Waals surface area contributed by atoms with Crippen LogP contribution in [0, 0.1) is 0 Å². The van der Waals surface area contributed by atoms with E-state index in [4.69, 9.17) is 12.2 Å². The normalized spacial score (nSPS) is 19.6. The zero-order valence-electron chi connectivity index (χ0n) is 15.3. The highest BCUT2D eigenvalue weighted by molar-refractivity contribution is 8.26. The van der Waals surface area contributed by atoms with Crippen LogP contribution in [0.2, 0.25) is 0 Å². The van der Waals surface area contributed by atoms with E-state index < -0.39 is 12.0 Å². The largest absolute Gasteiger partial charge is 0.480 e. The summed E-state index contributed by atoms with van der Waals surface area (Å²) in [6, 6.07) is 5.28. The number of thiocarbonyl (C=S) groups is 1. The zero-order chi connectivity index (χ0) is 19.6. The van der Waals surface area contributed by atoms with Crippen LogP contribution in [0.3, 0.4) is 0 Å². The minimum Gasteiger partial charge on any atom is -0.480 e. The van der Waals surface area contributed by atoms with E-state index in [0.717, 1.165) is 24.9 Å². The fourth-order valence-corrected chi connectivity index (χ4v) is 5.20. The summed E-state index contributed by atoms with van der Waals surface area (Å²) in [5, 5.41) is 9.53. The number of hydrogen-bond acceptors (Lipinski definition) is 6. The molecule has 5 nitrogen and oxygen atoms in total. The third-order valence-corrected chi connectivity index (χ3v) is 6.74. The minimum atomic E-state index is -1.02. The number of aryl methyl sites for hydroxylation is 1. The maximum atomic E-state index is 12.8. The number of carbonyl (C=O) groups excluding carboxylic acids is 1. The van der Waals surface area contributed by atoms with Gasteiger partial charge in [-0.25, -0.2) is 4.79 Å². The van der Waals surface area contributed by atoms with Gasteiger partial charge in [0, 0.05) is 19.3 Å². The average Bonchev–Trinajstić information content (AvgIpc) is 2.89. The molecule has 2 aliphatic heterocycles. The fraction of sp³-hybridized carbons (Fsp3) is 0.421. The number of carbonyl (C=O) groups is 2. The standard InChI is InChI=1S/C19H22N2O3S3/c1-20-8-3-4-13-10-12(5-6-14(13)20)11-16-17(22)21(19(25)27-16)15(18(23)24)7-9-26-2/h5-6,10-11,15H,3-4,7-9H2,1-2H3,(H,23,24)/b16-11+. The molecule has 0 bridgehead atoms. The molecule has 1 aromatic rings. The zero-order valence-corrected chi connectivity index (χ0v) is 17.8. The first kappa shape index (κ1) is 20.2. The molecular weight excluding hydrogens is 400 g/mol. The molecule has 27 heavy (non-hydrogen) atoms. The Morgan fingerprint density at radius 2 is 2.26 bits per heavy atom. The summed E-state index contributed by atoms with van der Waals surface area (Å²) in [5.41, 5.74) is 3.45. The summed E-state index contributed by atoms with van der Waals surface area (Å²) in [6.07, 6.45) is 6.25. The Hall–Kier alpha value is -1.51. The van der Waals surface area contributed by atoms with Crippen LogP contribution >= 0.6 is 35.7 Å². The second-order valence-corrected chi connectivity index (χ2v) is 9.26. The van der Waals surface area contributed by atoms with E-state index in [1.165, 1.54) is 27.9 Å². The smallest absolute Gasteiger partial charge is 0.326 e. The Morgan fingerprint density at radius 3 is 2.96 bits per heavy atom. The topological polar surface area (TPSA) is 60.9 Å². The van der Waals surface area contributed by atoms with Gasteiger partial charge >= 0.3 is 5.97 Å². The second-order valence-electron chi connectivity index (χ2n) is 6.60. The van der Waals surface area contributed by atoms with Crippen molar-refractivity contribution in [1.29, 1.82) is 0 Å². The van der Waals surface area contributed by atoms with E-state index in [2.05, 4.69) is 24.1 Å². The van der Waals surface area contributed by atoms with Crippen molar-refractivity contribution in [2.75, 3.05) is 30.5 Å². The number of amides is 1. The molecule has 0 aliphatic carbocycles. The van der Waals surface area contributed by atoms with E-state index in [0.29, 0.717) is 21.4 Å². The number of fused-ring (bicyclic) bond motifs is 1. The summed E-state index contributed by atoms with van der Waals surface area (Å²) < 4.78 is 0.317. The highest BCUT2D eigenvalue weighted by Gasteiger charge is 2.40. The molecule has 1 saturated heterocycles. The molecule has 1 aromatic carbocycles. The summed E-state index contributed by atoms with van der Waals surface area (Å²) in [6.45, 7) is 1.05. The van der Waals surface area contributed by atoms with Crippen molar-refractivity contribution in [1.82, 2.24) is 4.90 Å². The van der Waals surface area contributed by atoms with Gasteiger partial charge in [0.05, 0.1) is 4.91 Å². The molecule has 1 atom stereocenters. The van der Waals surface area contributed by atoms with E-state index in [1.54, 1.807) is 11.8 Å². The number of carboxylic acid groups (broad SMARTS) is 1. The van der Waals surface area contributed by atoms with Crippen LogP contribution in [0.5, 0.6) is 0 Å². The maximum absolute atomic E-state index is 12.8. The molecule has 3 rings (SSSR count). The summed E-state index contributed by atoms with van der Waals surface area (Å²) in [4.78, 5) is 28.5. The summed E-state index contributed by atoms with van der Waals surface area (Å²) in [7, 11) is 2.09. The van der Waals surface area contributed by atoms with Crippen LogP contribution in [-0.4, -0.2) is 57.8 Å². The quantitative estimate of drug-likeness (QED) is 0.556. The lowest BCUT2D eigenvalue weighted by molar-refractivity contribution is -0.145. The third-order valence-electron chi connectivity index (χ3n) is 4.77. The van der Waals surface area contributed by atoms with Crippen molar-refractivity contribution in [3.05, 3.63) is 34.2 Å². The number of benzene rings is 1. The van der Waals surface area contributed by atoms with Gasteiger partial charge in [-0.2, -0.15) is 11.8 Å². The average molecular weight is 423 g/mol. The first-order valence-electron chi connectivity index (χ1n) is 8.75. The first-order chi connectivity index (χ1) is 12.9. The van der Waals surface area contributed by atoms with E-state index in [-0.39, 0.29) is 5.91 Å². The number of hydrogen-bond donors (Lipinski definition) is 1. The molecule has 0 spiro atoms. The number of anilines is 1. The molecule has 1 amide bonds. The molecule has 8 heteroatoms. The Labute approximate surface area is 173 Å². The highest BCUT2D eigenvalue weighted by Crippen LogP contribution is 2.36. The van der Waals surface area contributed by atoms with Gasteiger partial charge in [-0.15, -0.1) is 0 Å². The van der Waals surface area contributed by atoms with Crippen molar-refractivity contribution in [3.8, 4) is 0 Å². The van der Waals surface area contributed by atoms with E-state index >= 15 is 0 Å². The summed E-state index contributed by atoms with van der Waals surface area (Å²) >= 11 is 8.06. The van der Waals surface area contributed by atoms with E-state index in [1.807, 2.05) is 18.4 Å². The van der Waals surface area contributed by atoms with Gasteiger partial charge in [-0.1, -0.05) is 30.0 Å². The Kier molecular flexibility index (Phi) is 6.49. The van der Waals surface area contributed by atoms with Gasteiger partial charge < -0.3 is 10.0 Å². The number of nitrogens with zero attached hydrogens (tertiary/aromatic N) is 2. The lowest BCUT2D eigenvalue weighted by Crippen LogP contribution is -2.44. The van der Waals surface area contributed by atoms with Gasteiger partial charge in [0.1, 0.15) is 10.4 Å². The lowest BCUT2D eigenvalue weighted by atomic mass is 9.99. The van der Waals surface area contributed by atoms with Crippen LogP contribution in [0.1, 0.15) is 24.0 Å². The molecule has 1 fully saturated rings. The highest BCUT2D eigenvalue weighted by atomic mass is 32.2. The predicted octanol–water partition coefficient (Wildman–Crippen LogP) is 3.48. The molecule has 0 saturated carbocycles. The van der Waals surface area contributed by atoms with Gasteiger partial charge in [0.25, 0.3) is 5.91 Å². The SMILES string of the molecule is CSCCC(C(=O)O)N1C(=O)/C(=C\c2ccc3c(c2)CCCN3C)SC1=S. The van der Waals surface area contributed by atoms with Crippen LogP contribution in [0.4, 0.5) is 5.69 Å². The molecule has 2 aliphatic rings. The van der Waals surface area contributed by atoms with Crippen LogP contribution in [-0.2, 0) is 16.0 Å². The molecule has 2 heterocycles. The Balaban J connectivity index is 1.85. The van der Waals surface area contributed by atoms with Crippen LogP contribution < -0.4 is 4.90 Å².